The van der Waals surface area contributed by atoms with E-state index in [9.17, 15) is 13.2 Å². The first kappa shape index (κ1) is 21.0. The summed E-state index contributed by atoms with van der Waals surface area (Å²) in [5.41, 5.74) is 0.945. The van der Waals surface area contributed by atoms with Crippen molar-refractivity contribution in [3.8, 4) is 0 Å². The molecule has 0 aliphatic heterocycles. The summed E-state index contributed by atoms with van der Waals surface area (Å²) in [5, 5.41) is 4.70. The van der Waals surface area contributed by atoms with Gasteiger partial charge in [0.05, 0.1) is 4.90 Å². The highest BCUT2D eigenvalue weighted by Gasteiger charge is 2.16. The third kappa shape index (κ3) is 5.87. The molecule has 1 aromatic heterocycles. The van der Waals surface area contributed by atoms with Gasteiger partial charge in [0.15, 0.2) is 0 Å². The number of amides is 1. The summed E-state index contributed by atoms with van der Waals surface area (Å²) in [6, 6.07) is 14.0. The monoisotopic (exact) mass is 429 g/mol. The van der Waals surface area contributed by atoms with Crippen molar-refractivity contribution in [2.24, 2.45) is 0 Å². The summed E-state index contributed by atoms with van der Waals surface area (Å²) in [6.45, 7) is 0.287. The average molecular weight is 430 g/mol. The van der Waals surface area contributed by atoms with Crippen molar-refractivity contribution < 1.29 is 13.2 Å². The minimum atomic E-state index is -3.70. The molecule has 0 spiro atoms. The number of nitrogens with zero attached hydrogens (tertiary/aromatic N) is 1. The van der Waals surface area contributed by atoms with Crippen LogP contribution < -0.4 is 10.0 Å². The van der Waals surface area contributed by atoms with Crippen LogP contribution in [0.1, 0.15) is 12.0 Å². The van der Waals surface area contributed by atoms with Gasteiger partial charge in [0.25, 0.3) is 0 Å². The van der Waals surface area contributed by atoms with Crippen LogP contribution >= 0.6 is 11.6 Å². The van der Waals surface area contributed by atoms with Crippen LogP contribution in [0, 0.1) is 0 Å². The minimum absolute atomic E-state index is 0.0937. The molecule has 2 N–H and O–H groups in total. The quantitative estimate of drug-likeness (QED) is 0.537. The molecular formula is C21H20ClN3O3S. The fourth-order valence-electron chi connectivity index (χ4n) is 2.74. The summed E-state index contributed by atoms with van der Waals surface area (Å²) in [4.78, 5) is 16.1. The summed E-state index contributed by atoms with van der Waals surface area (Å²) >= 11 is 5.83. The number of hydrogen-bond acceptors (Lipinski definition) is 4. The van der Waals surface area contributed by atoms with Crippen LogP contribution in [0.15, 0.2) is 71.9 Å². The first-order valence-corrected chi connectivity index (χ1v) is 10.8. The number of carbonyl (C=O) groups is 1. The van der Waals surface area contributed by atoms with Crippen LogP contribution in [0.2, 0.25) is 5.02 Å². The van der Waals surface area contributed by atoms with Gasteiger partial charge in [-0.2, -0.15) is 0 Å². The van der Waals surface area contributed by atoms with Gasteiger partial charge in [-0.1, -0.05) is 48.0 Å². The SMILES string of the molecule is O=C(CC=Cc1ccc(Cl)cc1)NCCNS(=O)(=O)c1cccc2cnccc12. The lowest BCUT2D eigenvalue weighted by Crippen LogP contribution is -2.34. The Kier molecular flexibility index (Phi) is 6.98. The lowest BCUT2D eigenvalue weighted by atomic mass is 10.2. The molecule has 0 radical (unpaired) electrons. The van der Waals surface area contributed by atoms with Crippen LogP contribution in [0.4, 0.5) is 0 Å². The maximum absolute atomic E-state index is 12.6. The van der Waals surface area contributed by atoms with Gasteiger partial charge in [0.2, 0.25) is 15.9 Å². The van der Waals surface area contributed by atoms with Crippen molar-refractivity contribution in [1.82, 2.24) is 15.0 Å². The van der Waals surface area contributed by atoms with E-state index in [-0.39, 0.29) is 30.3 Å². The number of carbonyl (C=O) groups excluding carboxylic acids is 1. The average Bonchev–Trinajstić information content (AvgIpc) is 2.72. The Hall–Kier alpha value is -2.74. The Labute approximate surface area is 174 Å². The largest absolute Gasteiger partial charge is 0.355 e. The summed E-state index contributed by atoms with van der Waals surface area (Å²) in [5.74, 6) is -0.189. The zero-order valence-electron chi connectivity index (χ0n) is 15.5. The summed E-state index contributed by atoms with van der Waals surface area (Å²) in [6.07, 6.45) is 6.94. The molecule has 29 heavy (non-hydrogen) atoms. The van der Waals surface area contributed by atoms with Crippen LogP contribution in [0.25, 0.3) is 16.8 Å². The molecule has 2 aromatic carbocycles. The van der Waals surface area contributed by atoms with Crippen molar-refractivity contribution in [3.05, 3.63) is 77.6 Å². The van der Waals surface area contributed by atoms with Gasteiger partial charge in [-0.05, 0) is 29.8 Å². The van der Waals surface area contributed by atoms with E-state index >= 15 is 0 Å². The molecule has 0 unspecified atom stereocenters. The number of hydrogen-bond donors (Lipinski definition) is 2. The molecule has 0 aliphatic rings. The molecule has 0 bridgehead atoms. The summed E-state index contributed by atoms with van der Waals surface area (Å²) < 4.78 is 27.7. The third-order valence-electron chi connectivity index (χ3n) is 4.15. The standard InChI is InChI=1S/C21H20ClN3O3S/c22-18-9-7-16(8-10-18)3-1-6-21(26)24-13-14-25-29(27,28)20-5-2-4-17-15-23-12-11-19(17)20/h1-5,7-12,15,25H,6,13-14H2,(H,24,26). The predicted octanol–water partition coefficient (Wildman–Crippen LogP) is 3.39. The van der Waals surface area contributed by atoms with E-state index in [1.165, 1.54) is 0 Å². The molecule has 150 valence electrons. The number of pyridine rings is 1. The van der Waals surface area contributed by atoms with Crippen LogP contribution in [-0.2, 0) is 14.8 Å². The van der Waals surface area contributed by atoms with E-state index in [0.717, 1.165) is 10.9 Å². The van der Waals surface area contributed by atoms with Gasteiger partial charge < -0.3 is 5.32 Å². The van der Waals surface area contributed by atoms with Crippen LogP contribution in [-0.4, -0.2) is 32.4 Å². The highest BCUT2D eigenvalue weighted by molar-refractivity contribution is 7.89. The van der Waals surface area contributed by atoms with Gasteiger partial charge >= 0.3 is 0 Å². The molecule has 3 aromatic rings. The van der Waals surface area contributed by atoms with Crippen LogP contribution in [0.3, 0.4) is 0 Å². The molecule has 0 fully saturated rings. The zero-order chi connectivity index (χ0) is 20.7. The Morgan fingerprint density at radius 3 is 2.66 bits per heavy atom. The maximum atomic E-state index is 12.6. The molecule has 8 heteroatoms. The molecule has 1 heterocycles. The van der Waals surface area contributed by atoms with Gasteiger partial charge in [-0.3, -0.25) is 9.78 Å². The maximum Gasteiger partial charge on any atom is 0.241 e. The van der Waals surface area contributed by atoms with Crippen molar-refractivity contribution in [2.75, 3.05) is 13.1 Å². The minimum Gasteiger partial charge on any atom is -0.355 e. The number of halogens is 1. The van der Waals surface area contributed by atoms with E-state index in [1.54, 1.807) is 54.9 Å². The summed E-state index contributed by atoms with van der Waals surface area (Å²) in [7, 11) is -3.70. The topological polar surface area (TPSA) is 88.2 Å². The first-order valence-electron chi connectivity index (χ1n) is 8.97. The lowest BCUT2D eigenvalue weighted by molar-refractivity contribution is -0.120. The Morgan fingerprint density at radius 1 is 1.07 bits per heavy atom. The number of aromatic nitrogens is 1. The molecule has 0 atom stereocenters. The molecule has 6 nitrogen and oxygen atoms in total. The fraction of sp³-hybridized carbons (Fsp3) is 0.143. The Balaban J connectivity index is 1.48. The van der Waals surface area contributed by atoms with E-state index < -0.39 is 10.0 Å². The molecule has 1 amide bonds. The molecule has 0 saturated carbocycles. The second-order valence-corrected chi connectivity index (χ2v) is 8.43. The van der Waals surface area contributed by atoms with Crippen molar-refractivity contribution in [3.63, 3.8) is 0 Å². The highest BCUT2D eigenvalue weighted by Crippen LogP contribution is 2.21. The van der Waals surface area contributed by atoms with E-state index in [0.29, 0.717) is 10.4 Å². The number of nitrogens with one attached hydrogen (secondary N) is 2. The van der Waals surface area contributed by atoms with Gasteiger partial charge in [0, 0.05) is 47.7 Å². The lowest BCUT2D eigenvalue weighted by Gasteiger charge is -2.10. The van der Waals surface area contributed by atoms with Gasteiger partial charge in [0.1, 0.15) is 0 Å². The second kappa shape index (κ2) is 9.65. The number of sulfonamides is 1. The van der Waals surface area contributed by atoms with Gasteiger partial charge in [-0.15, -0.1) is 0 Å². The molecule has 0 aliphatic carbocycles. The zero-order valence-corrected chi connectivity index (χ0v) is 17.1. The van der Waals surface area contributed by atoms with Gasteiger partial charge in [-0.25, -0.2) is 13.1 Å². The van der Waals surface area contributed by atoms with Crippen LogP contribution in [0.5, 0.6) is 0 Å². The van der Waals surface area contributed by atoms with E-state index in [2.05, 4.69) is 15.0 Å². The number of fused-ring (bicyclic) bond motifs is 1. The van der Waals surface area contributed by atoms with E-state index in [1.807, 2.05) is 18.2 Å². The van der Waals surface area contributed by atoms with Crippen molar-refractivity contribution >= 4 is 44.4 Å². The normalized spacial score (nSPS) is 11.8. The highest BCUT2D eigenvalue weighted by atomic mass is 35.5. The molecule has 3 rings (SSSR count). The fourth-order valence-corrected chi connectivity index (χ4v) is 4.13. The second-order valence-electron chi connectivity index (χ2n) is 6.26. The Morgan fingerprint density at radius 2 is 1.86 bits per heavy atom. The molecular weight excluding hydrogens is 410 g/mol. The smallest absolute Gasteiger partial charge is 0.241 e. The van der Waals surface area contributed by atoms with Crippen molar-refractivity contribution in [2.45, 2.75) is 11.3 Å². The predicted molar refractivity (Wildman–Crippen MR) is 115 cm³/mol. The first-order chi connectivity index (χ1) is 14.0. The third-order valence-corrected chi connectivity index (χ3v) is 5.92. The molecule has 0 saturated heterocycles. The van der Waals surface area contributed by atoms with Crippen molar-refractivity contribution in [1.29, 1.82) is 0 Å². The Bertz CT molecular complexity index is 1120. The van der Waals surface area contributed by atoms with E-state index in [4.69, 9.17) is 11.6 Å². The number of benzene rings is 2. The number of rotatable bonds is 8.